The van der Waals surface area contributed by atoms with E-state index >= 15 is 0 Å². The molecule has 192 valence electrons. The molecule has 2 aromatic carbocycles. The molecule has 3 heterocycles. The van der Waals surface area contributed by atoms with Gasteiger partial charge in [0.25, 0.3) is 0 Å². The molecule has 2 aromatic heterocycles. The summed E-state index contributed by atoms with van der Waals surface area (Å²) in [6.07, 6.45) is 0.525. The second-order valence-electron chi connectivity index (χ2n) is 8.48. The highest BCUT2D eigenvalue weighted by molar-refractivity contribution is 6.30. The van der Waals surface area contributed by atoms with Gasteiger partial charge in [-0.05, 0) is 42.8 Å². The first-order chi connectivity index (χ1) is 17.6. The van der Waals surface area contributed by atoms with E-state index in [-0.39, 0.29) is 23.1 Å². The number of halogens is 4. The predicted octanol–water partition coefficient (Wildman–Crippen LogP) is 5.97. The average Bonchev–Trinajstić information content (AvgIpc) is 3.29. The number of fused-ring (bicyclic) bond motifs is 1. The smallest absolute Gasteiger partial charge is 0.416 e. The van der Waals surface area contributed by atoms with Crippen LogP contribution in [0.25, 0.3) is 5.69 Å². The molecule has 12 heteroatoms. The Bertz CT molecular complexity index is 1460. The molecule has 5 rings (SSSR count). The minimum Gasteiger partial charge on any atom is -0.494 e. The number of aryl methyl sites for hydroxylation is 1. The molecule has 0 amide bonds. The van der Waals surface area contributed by atoms with Gasteiger partial charge in [0.15, 0.2) is 11.6 Å². The Labute approximate surface area is 215 Å². The number of ether oxygens (including phenoxy) is 2. The minimum absolute atomic E-state index is 0.0105. The summed E-state index contributed by atoms with van der Waals surface area (Å²) in [4.78, 5) is 14.7. The van der Waals surface area contributed by atoms with E-state index in [1.807, 2.05) is 29.8 Å². The number of hydrogen-bond acceptors (Lipinski definition) is 7. The van der Waals surface area contributed by atoms with Crippen LogP contribution >= 0.6 is 11.6 Å². The van der Waals surface area contributed by atoms with Crippen LogP contribution in [0.4, 0.5) is 30.6 Å². The van der Waals surface area contributed by atoms with Gasteiger partial charge in [-0.2, -0.15) is 18.2 Å². The molecular weight excluding hydrogens is 509 g/mol. The van der Waals surface area contributed by atoms with Crippen LogP contribution in [0.1, 0.15) is 22.9 Å². The van der Waals surface area contributed by atoms with Crippen molar-refractivity contribution in [2.24, 2.45) is 0 Å². The number of likely N-dealkylation sites (N-methyl/N-ethyl adjacent to an activating group) is 1. The molecule has 0 radical (unpaired) electrons. The highest BCUT2D eigenvalue weighted by Crippen LogP contribution is 2.42. The number of nitrogens with zero attached hydrogens (tertiary/aromatic N) is 5. The number of aromatic nitrogens is 4. The monoisotopic (exact) mass is 530 g/mol. The summed E-state index contributed by atoms with van der Waals surface area (Å²) in [5.74, 6) is 1.55. The second-order valence-corrected chi connectivity index (χ2v) is 8.92. The number of benzene rings is 2. The van der Waals surface area contributed by atoms with Gasteiger partial charge >= 0.3 is 6.18 Å². The van der Waals surface area contributed by atoms with Crippen LogP contribution in [0, 0.1) is 6.92 Å². The molecule has 0 fully saturated rings. The lowest BCUT2D eigenvalue weighted by Crippen LogP contribution is -2.35. The topological polar surface area (TPSA) is 77.3 Å². The van der Waals surface area contributed by atoms with Crippen molar-refractivity contribution in [1.29, 1.82) is 0 Å². The normalized spacial score (nSPS) is 15.2. The second kappa shape index (κ2) is 9.47. The van der Waals surface area contributed by atoms with E-state index in [9.17, 15) is 13.2 Å². The van der Waals surface area contributed by atoms with E-state index < -0.39 is 17.8 Å². The minimum atomic E-state index is -4.54. The first-order valence-corrected chi connectivity index (χ1v) is 11.6. The van der Waals surface area contributed by atoms with Gasteiger partial charge in [-0.25, -0.2) is 9.97 Å². The number of rotatable bonds is 5. The fourth-order valence-corrected chi connectivity index (χ4v) is 4.40. The van der Waals surface area contributed by atoms with Crippen LogP contribution in [-0.2, 0) is 6.18 Å². The third-order valence-corrected chi connectivity index (χ3v) is 6.27. The maximum absolute atomic E-state index is 13.7. The number of imidazole rings is 1. The summed E-state index contributed by atoms with van der Waals surface area (Å²) in [5.41, 5.74) is 1.57. The third kappa shape index (κ3) is 4.86. The van der Waals surface area contributed by atoms with Gasteiger partial charge in [0.2, 0.25) is 5.95 Å². The van der Waals surface area contributed by atoms with E-state index in [0.717, 1.165) is 17.4 Å². The number of anilines is 3. The van der Waals surface area contributed by atoms with Crippen molar-refractivity contribution >= 4 is 29.1 Å². The van der Waals surface area contributed by atoms with Gasteiger partial charge in [0.1, 0.15) is 12.4 Å². The van der Waals surface area contributed by atoms with Crippen LogP contribution < -0.4 is 19.7 Å². The summed E-state index contributed by atoms with van der Waals surface area (Å²) >= 11 is 6.05. The predicted molar refractivity (Wildman–Crippen MR) is 133 cm³/mol. The quantitative estimate of drug-likeness (QED) is 0.341. The lowest BCUT2D eigenvalue weighted by molar-refractivity contribution is -0.138. The molecule has 0 bridgehead atoms. The van der Waals surface area contributed by atoms with Crippen LogP contribution in [0.3, 0.4) is 0 Å². The summed E-state index contributed by atoms with van der Waals surface area (Å²) in [5, 5.41) is 3.33. The molecule has 0 saturated carbocycles. The van der Waals surface area contributed by atoms with Crippen LogP contribution in [0.15, 0.2) is 55.1 Å². The molecule has 8 nitrogen and oxygen atoms in total. The van der Waals surface area contributed by atoms with Crippen molar-refractivity contribution in [2.45, 2.75) is 19.1 Å². The lowest BCUT2D eigenvalue weighted by atomic mass is 9.98. The van der Waals surface area contributed by atoms with Crippen molar-refractivity contribution in [1.82, 2.24) is 19.5 Å². The molecule has 1 aliphatic heterocycles. The van der Waals surface area contributed by atoms with Gasteiger partial charge in [-0.1, -0.05) is 11.6 Å². The fraction of sp³-hybridized carbons (Fsp3) is 0.240. The summed E-state index contributed by atoms with van der Waals surface area (Å²) in [6, 6.07) is 8.25. The lowest BCUT2D eigenvalue weighted by Gasteiger charge is -2.36. The van der Waals surface area contributed by atoms with Crippen molar-refractivity contribution in [3.8, 4) is 17.2 Å². The largest absolute Gasteiger partial charge is 0.494 e. The van der Waals surface area contributed by atoms with Crippen molar-refractivity contribution < 1.29 is 22.6 Å². The molecular formula is C25H22ClF3N6O2. The molecule has 1 N–H and O–H groups in total. The summed E-state index contributed by atoms with van der Waals surface area (Å²) in [7, 11) is 3.23. The van der Waals surface area contributed by atoms with Gasteiger partial charge in [0, 0.05) is 30.0 Å². The third-order valence-electron chi connectivity index (χ3n) is 6.04. The Balaban J connectivity index is 1.44. The molecule has 1 unspecified atom stereocenters. The highest BCUT2D eigenvalue weighted by Gasteiger charge is 2.38. The van der Waals surface area contributed by atoms with Crippen molar-refractivity contribution in [3.63, 3.8) is 0 Å². The Morgan fingerprint density at radius 1 is 1.16 bits per heavy atom. The van der Waals surface area contributed by atoms with Gasteiger partial charge < -0.3 is 24.3 Å². The zero-order valence-electron chi connectivity index (χ0n) is 20.0. The van der Waals surface area contributed by atoms with Crippen LogP contribution in [0.5, 0.6) is 11.5 Å². The average molecular weight is 531 g/mol. The molecule has 4 aromatic rings. The molecule has 37 heavy (non-hydrogen) atoms. The van der Waals surface area contributed by atoms with E-state index in [4.69, 9.17) is 21.1 Å². The number of nitrogens with one attached hydrogen (secondary N) is 1. The fourth-order valence-electron chi connectivity index (χ4n) is 4.22. The van der Waals surface area contributed by atoms with Gasteiger partial charge in [-0.3, -0.25) is 0 Å². The Morgan fingerprint density at radius 2 is 1.97 bits per heavy atom. The summed E-state index contributed by atoms with van der Waals surface area (Å²) in [6.45, 7) is 1.88. The van der Waals surface area contributed by atoms with E-state index in [1.165, 1.54) is 18.3 Å². The standard InChI is InChI=1S/C25H22ClF3N6O2/c1-14-11-35(13-31-14)19-7-5-16(9-21(19)36-3)32-24-30-10-22-23(33-24)34(2)20(12-37-22)17-8-15(26)4-6-18(17)25(27,28)29/h4-11,13,20H,12H2,1-3H3,(H,30,32,33). The van der Waals surface area contributed by atoms with Gasteiger partial charge in [-0.15, -0.1) is 0 Å². The van der Waals surface area contributed by atoms with E-state index in [2.05, 4.69) is 20.3 Å². The number of hydrogen-bond donors (Lipinski definition) is 1. The molecule has 0 spiro atoms. The SMILES string of the molecule is COc1cc(Nc2ncc3c(n2)N(C)C(c2cc(Cl)ccc2C(F)(F)F)CO3)ccc1-n1cnc(C)c1. The zero-order chi connectivity index (χ0) is 26.3. The van der Waals surface area contributed by atoms with Crippen molar-refractivity contribution in [2.75, 3.05) is 31.0 Å². The Kier molecular flexibility index (Phi) is 6.32. The van der Waals surface area contributed by atoms with Crippen molar-refractivity contribution in [3.05, 3.63) is 77.0 Å². The van der Waals surface area contributed by atoms with Crippen LogP contribution in [-0.4, -0.2) is 40.3 Å². The van der Waals surface area contributed by atoms with E-state index in [0.29, 0.717) is 23.0 Å². The first kappa shape index (κ1) is 24.7. The Hall–Kier alpha value is -3.99. The highest BCUT2D eigenvalue weighted by atomic mass is 35.5. The van der Waals surface area contributed by atoms with Gasteiger partial charge in [0.05, 0.1) is 42.6 Å². The summed E-state index contributed by atoms with van der Waals surface area (Å²) < 4.78 is 54.3. The first-order valence-electron chi connectivity index (χ1n) is 11.2. The molecule has 1 atom stereocenters. The van der Waals surface area contributed by atoms with E-state index in [1.54, 1.807) is 31.5 Å². The van der Waals surface area contributed by atoms with Crippen LogP contribution in [0.2, 0.25) is 5.02 Å². The maximum atomic E-state index is 13.7. The molecule has 1 aliphatic rings. The Morgan fingerprint density at radius 3 is 2.68 bits per heavy atom. The maximum Gasteiger partial charge on any atom is 0.416 e. The molecule has 0 aliphatic carbocycles. The number of alkyl halides is 3. The molecule has 0 saturated heterocycles. The zero-order valence-corrected chi connectivity index (χ0v) is 20.8. The number of methoxy groups -OCH3 is 1.